The summed E-state index contributed by atoms with van der Waals surface area (Å²) in [5, 5.41) is 4.01. The molecule has 0 unspecified atom stereocenters. The largest absolute Gasteiger partial charge is 0.356 e. The third kappa shape index (κ3) is 4.24. The van der Waals surface area contributed by atoms with Gasteiger partial charge < -0.3 is 9.42 Å². The highest BCUT2D eigenvalue weighted by Gasteiger charge is 2.29. The molecule has 0 aliphatic carbocycles. The molecule has 1 amide bonds. The maximum Gasteiger partial charge on any atom is 0.256 e. The lowest BCUT2D eigenvalue weighted by Gasteiger charge is -2.32. The molecule has 4 heterocycles. The lowest BCUT2D eigenvalue weighted by atomic mass is 9.89. The van der Waals surface area contributed by atoms with Crippen LogP contribution in [0.5, 0.6) is 0 Å². The predicted molar refractivity (Wildman–Crippen MR) is 120 cm³/mol. The van der Waals surface area contributed by atoms with Crippen molar-refractivity contribution in [2.75, 3.05) is 13.1 Å². The van der Waals surface area contributed by atoms with Crippen molar-refractivity contribution in [3.8, 4) is 22.7 Å². The molecule has 0 radical (unpaired) electrons. The molecule has 1 aliphatic heterocycles. The summed E-state index contributed by atoms with van der Waals surface area (Å²) in [6.45, 7) is 2.89. The van der Waals surface area contributed by atoms with Gasteiger partial charge in [-0.3, -0.25) is 9.78 Å². The highest BCUT2D eigenvalue weighted by atomic mass is 19.1. The quantitative estimate of drug-likeness (QED) is 0.456. The van der Waals surface area contributed by atoms with Gasteiger partial charge in [0.2, 0.25) is 0 Å². The number of amides is 1. The second kappa shape index (κ2) is 8.90. The number of carbonyl (C=O) groups excluding carboxylic acids is 1. The summed E-state index contributed by atoms with van der Waals surface area (Å²) in [7, 11) is 0. The number of pyridine rings is 1. The van der Waals surface area contributed by atoms with E-state index >= 15 is 0 Å². The lowest BCUT2D eigenvalue weighted by Crippen LogP contribution is -2.38. The van der Waals surface area contributed by atoms with Crippen LogP contribution < -0.4 is 0 Å². The van der Waals surface area contributed by atoms with Crippen molar-refractivity contribution in [2.45, 2.75) is 25.7 Å². The summed E-state index contributed by atoms with van der Waals surface area (Å²) in [5.41, 5.74) is 3.36. The van der Waals surface area contributed by atoms with E-state index in [0.29, 0.717) is 37.5 Å². The van der Waals surface area contributed by atoms with Crippen LogP contribution in [0.3, 0.4) is 0 Å². The third-order valence-electron chi connectivity index (χ3n) is 5.90. The van der Waals surface area contributed by atoms with Crippen molar-refractivity contribution in [1.82, 2.24) is 25.0 Å². The normalized spacial score (nSPS) is 14.4. The molecule has 3 aromatic heterocycles. The molecular formula is C25H22FN5O2. The molecule has 5 rings (SSSR count). The summed E-state index contributed by atoms with van der Waals surface area (Å²) in [6.07, 6.45) is 6.60. The Labute approximate surface area is 190 Å². The first kappa shape index (κ1) is 20.9. The first-order chi connectivity index (χ1) is 16.1. The number of aromatic nitrogens is 4. The fraction of sp³-hybridized carbons (Fsp3) is 0.240. The Morgan fingerprint density at radius 3 is 2.64 bits per heavy atom. The summed E-state index contributed by atoms with van der Waals surface area (Å²) in [5.74, 6) is 0.516. The number of rotatable bonds is 4. The van der Waals surface area contributed by atoms with Gasteiger partial charge in [0.15, 0.2) is 11.6 Å². The van der Waals surface area contributed by atoms with Gasteiger partial charge in [0.05, 0.1) is 22.5 Å². The summed E-state index contributed by atoms with van der Waals surface area (Å²) in [4.78, 5) is 28.1. The average Bonchev–Trinajstić information content (AvgIpc) is 3.30. The van der Waals surface area contributed by atoms with E-state index in [1.165, 1.54) is 12.1 Å². The SMILES string of the molecule is Cc1cc(-c2cnc(-c3cccnc3)nc2C2CCN(C(=O)c3ccccc3F)CC2)on1. The van der Waals surface area contributed by atoms with E-state index in [0.717, 1.165) is 22.5 Å². The molecule has 1 aliphatic rings. The van der Waals surface area contributed by atoms with Crippen LogP contribution in [-0.4, -0.2) is 44.0 Å². The molecular weight excluding hydrogens is 421 g/mol. The lowest BCUT2D eigenvalue weighted by molar-refractivity contribution is 0.0707. The molecule has 0 saturated carbocycles. The van der Waals surface area contributed by atoms with Crippen LogP contribution in [0.1, 0.15) is 40.5 Å². The number of likely N-dealkylation sites (tertiary alicyclic amines) is 1. The van der Waals surface area contributed by atoms with Crippen LogP contribution in [0.15, 0.2) is 65.6 Å². The van der Waals surface area contributed by atoms with Gasteiger partial charge in [-0.05, 0) is 44.0 Å². The van der Waals surface area contributed by atoms with Crippen LogP contribution in [0.2, 0.25) is 0 Å². The van der Waals surface area contributed by atoms with Crippen LogP contribution in [0.25, 0.3) is 22.7 Å². The van der Waals surface area contributed by atoms with Crippen molar-refractivity contribution in [3.63, 3.8) is 0 Å². The fourth-order valence-corrected chi connectivity index (χ4v) is 4.18. The van der Waals surface area contributed by atoms with E-state index in [4.69, 9.17) is 9.51 Å². The minimum Gasteiger partial charge on any atom is -0.356 e. The van der Waals surface area contributed by atoms with Crippen molar-refractivity contribution in [1.29, 1.82) is 0 Å². The third-order valence-corrected chi connectivity index (χ3v) is 5.90. The average molecular weight is 443 g/mol. The van der Waals surface area contributed by atoms with Gasteiger partial charge in [-0.2, -0.15) is 0 Å². The van der Waals surface area contributed by atoms with Gasteiger partial charge in [-0.15, -0.1) is 0 Å². The van der Waals surface area contributed by atoms with Crippen LogP contribution in [0.4, 0.5) is 4.39 Å². The Hall–Kier alpha value is -3.94. The number of piperidine rings is 1. The van der Waals surface area contributed by atoms with Gasteiger partial charge in [-0.1, -0.05) is 17.3 Å². The molecule has 1 saturated heterocycles. The molecule has 7 nitrogen and oxygen atoms in total. The van der Waals surface area contributed by atoms with Crippen LogP contribution in [-0.2, 0) is 0 Å². The van der Waals surface area contributed by atoms with Crippen LogP contribution >= 0.6 is 0 Å². The van der Waals surface area contributed by atoms with Gasteiger partial charge in [0.1, 0.15) is 5.82 Å². The molecule has 33 heavy (non-hydrogen) atoms. The zero-order valence-corrected chi connectivity index (χ0v) is 18.1. The molecule has 8 heteroatoms. The van der Waals surface area contributed by atoms with Gasteiger partial charge in [0.25, 0.3) is 5.91 Å². The molecule has 1 fully saturated rings. The first-order valence-corrected chi connectivity index (χ1v) is 10.8. The van der Waals surface area contributed by atoms with Crippen molar-refractivity contribution >= 4 is 5.91 Å². The molecule has 0 spiro atoms. The molecule has 0 atom stereocenters. The van der Waals surface area contributed by atoms with Crippen molar-refractivity contribution in [3.05, 3.63) is 83.8 Å². The Kier molecular flexibility index (Phi) is 5.64. The minimum absolute atomic E-state index is 0.0912. The second-order valence-electron chi connectivity index (χ2n) is 8.11. The molecule has 0 bridgehead atoms. The maximum atomic E-state index is 14.1. The van der Waals surface area contributed by atoms with Crippen molar-refractivity contribution < 1.29 is 13.7 Å². The van der Waals surface area contributed by atoms with Gasteiger partial charge in [0, 0.05) is 49.2 Å². The second-order valence-corrected chi connectivity index (χ2v) is 8.11. The molecule has 0 N–H and O–H groups in total. The molecule has 166 valence electrons. The Morgan fingerprint density at radius 1 is 1.12 bits per heavy atom. The number of halogens is 1. The van der Waals surface area contributed by atoms with E-state index in [9.17, 15) is 9.18 Å². The number of hydrogen-bond acceptors (Lipinski definition) is 6. The standard InChI is InChI=1S/C25H22FN5O2/c1-16-13-22(33-30-16)20-15-28-24(18-5-4-10-27-14-18)29-23(20)17-8-11-31(12-9-17)25(32)19-6-2-3-7-21(19)26/h2-7,10,13-15,17H,8-9,11-12H2,1H3. The summed E-state index contributed by atoms with van der Waals surface area (Å²) in [6, 6.07) is 11.7. The monoisotopic (exact) mass is 443 g/mol. The number of hydrogen-bond donors (Lipinski definition) is 0. The number of nitrogens with zero attached hydrogens (tertiary/aromatic N) is 5. The van der Waals surface area contributed by atoms with E-state index in [-0.39, 0.29) is 17.4 Å². The number of carbonyl (C=O) groups is 1. The Balaban J connectivity index is 1.43. The first-order valence-electron chi connectivity index (χ1n) is 10.8. The Bertz CT molecular complexity index is 1280. The van der Waals surface area contributed by atoms with E-state index in [1.807, 2.05) is 25.1 Å². The predicted octanol–water partition coefficient (Wildman–Crippen LogP) is 4.66. The molecule has 1 aromatic carbocycles. The topological polar surface area (TPSA) is 85.0 Å². The number of benzene rings is 1. The highest BCUT2D eigenvalue weighted by molar-refractivity contribution is 5.94. The Morgan fingerprint density at radius 2 is 1.94 bits per heavy atom. The number of aryl methyl sites for hydroxylation is 1. The summed E-state index contributed by atoms with van der Waals surface area (Å²) >= 11 is 0. The van der Waals surface area contributed by atoms with Gasteiger partial charge >= 0.3 is 0 Å². The van der Waals surface area contributed by atoms with E-state index < -0.39 is 5.82 Å². The zero-order chi connectivity index (χ0) is 22.8. The van der Waals surface area contributed by atoms with Gasteiger partial charge in [-0.25, -0.2) is 14.4 Å². The minimum atomic E-state index is -0.496. The smallest absolute Gasteiger partial charge is 0.256 e. The summed E-state index contributed by atoms with van der Waals surface area (Å²) < 4.78 is 19.6. The zero-order valence-electron chi connectivity index (χ0n) is 18.1. The van der Waals surface area contributed by atoms with Crippen LogP contribution in [0, 0.1) is 12.7 Å². The highest BCUT2D eigenvalue weighted by Crippen LogP contribution is 2.35. The van der Waals surface area contributed by atoms with E-state index in [2.05, 4.69) is 15.1 Å². The van der Waals surface area contributed by atoms with E-state index in [1.54, 1.807) is 35.6 Å². The maximum absolute atomic E-state index is 14.1. The molecule has 4 aromatic rings. The fourth-order valence-electron chi connectivity index (χ4n) is 4.18. The van der Waals surface area contributed by atoms with Crippen molar-refractivity contribution in [2.24, 2.45) is 0 Å².